The van der Waals surface area contributed by atoms with E-state index in [1.54, 1.807) is 24.7 Å². The maximum absolute atomic E-state index is 13.7. The van der Waals surface area contributed by atoms with Crippen molar-refractivity contribution in [2.45, 2.75) is 0 Å². The van der Waals surface area contributed by atoms with Crippen LogP contribution in [0.1, 0.15) is 0 Å². The third-order valence-corrected chi connectivity index (χ3v) is 2.52. The summed E-state index contributed by atoms with van der Waals surface area (Å²) in [5.41, 5.74) is 1.44. The van der Waals surface area contributed by atoms with Gasteiger partial charge in [-0.15, -0.1) is 0 Å². The molecule has 3 rings (SSSR count). The second-order valence-corrected chi connectivity index (χ2v) is 3.56. The third kappa shape index (κ3) is 1.56. The van der Waals surface area contributed by atoms with E-state index in [-0.39, 0.29) is 0 Å². The van der Waals surface area contributed by atoms with Crippen molar-refractivity contribution in [2.24, 2.45) is 0 Å². The molecule has 3 nitrogen and oxygen atoms in total. The van der Waals surface area contributed by atoms with Gasteiger partial charge in [0.25, 0.3) is 0 Å². The summed E-state index contributed by atoms with van der Waals surface area (Å²) in [4.78, 5) is 4.10. The second kappa shape index (κ2) is 3.62. The first-order valence-corrected chi connectivity index (χ1v) is 4.99. The first-order chi connectivity index (χ1) is 8.25. The Morgan fingerprint density at radius 1 is 1.00 bits per heavy atom. The van der Waals surface area contributed by atoms with Gasteiger partial charge in [-0.25, -0.2) is 18.3 Å². The summed E-state index contributed by atoms with van der Waals surface area (Å²) in [6.45, 7) is 0. The van der Waals surface area contributed by atoms with Gasteiger partial charge < -0.3 is 0 Å². The molecule has 0 amide bonds. The summed E-state index contributed by atoms with van der Waals surface area (Å²) in [5, 5.41) is 4.03. The van der Waals surface area contributed by atoms with E-state index in [0.717, 1.165) is 6.07 Å². The largest absolute Gasteiger partial charge is 0.235 e. The fraction of sp³-hybridized carbons (Fsp3) is 0. The molecule has 0 N–H and O–H groups in total. The second-order valence-electron chi connectivity index (χ2n) is 3.56. The zero-order valence-corrected chi connectivity index (χ0v) is 8.64. The Morgan fingerprint density at radius 3 is 2.71 bits per heavy atom. The number of hydrogen-bond acceptors (Lipinski definition) is 2. The molecule has 3 aromatic rings. The first-order valence-electron chi connectivity index (χ1n) is 4.99. The average molecular weight is 231 g/mol. The highest BCUT2D eigenvalue weighted by molar-refractivity contribution is 5.77. The summed E-state index contributed by atoms with van der Waals surface area (Å²) < 4.78 is 28.1. The highest BCUT2D eigenvalue weighted by Crippen LogP contribution is 2.25. The van der Waals surface area contributed by atoms with Crippen LogP contribution in [0.25, 0.3) is 16.8 Å². The Bertz CT molecular complexity index is 691. The monoisotopic (exact) mass is 231 g/mol. The molecule has 0 aliphatic rings. The maximum atomic E-state index is 13.7. The molecule has 0 saturated heterocycles. The Kier molecular flexibility index (Phi) is 2.11. The molecule has 0 fully saturated rings. The van der Waals surface area contributed by atoms with Crippen molar-refractivity contribution in [3.8, 4) is 11.1 Å². The van der Waals surface area contributed by atoms with E-state index in [1.165, 1.54) is 16.6 Å². The van der Waals surface area contributed by atoms with Crippen LogP contribution in [-0.2, 0) is 0 Å². The van der Waals surface area contributed by atoms with Crippen LogP contribution in [0.5, 0.6) is 0 Å². The molecule has 0 aliphatic heterocycles. The van der Waals surface area contributed by atoms with E-state index in [9.17, 15) is 8.78 Å². The van der Waals surface area contributed by atoms with Gasteiger partial charge in [0.05, 0.1) is 0 Å². The average Bonchev–Trinajstić information content (AvgIpc) is 2.77. The van der Waals surface area contributed by atoms with Gasteiger partial charge in [0, 0.05) is 35.8 Å². The van der Waals surface area contributed by atoms with Gasteiger partial charge in [0.1, 0.15) is 11.6 Å². The number of imidazole rings is 1. The summed E-state index contributed by atoms with van der Waals surface area (Å²) >= 11 is 0. The van der Waals surface area contributed by atoms with Crippen molar-refractivity contribution in [1.29, 1.82) is 0 Å². The van der Waals surface area contributed by atoms with E-state index in [4.69, 9.17) is 0 Å². The van der Waals surface area contributed by atoms with Crippen LogP contribution in [0.3, 0.4) is 0 Å². The molecule has 84 valence electrons. The van der Waals surface area contributed by atoms with Crippen molar-refractivity contribution in [2.75, 3.05) is 0 Å². The lowest BCUT2D eigenvalue weighted by molar-refractivity contribution is 0.585. The van der Waals surface area contributed by atoms with Gasteiger partial charge in [-0.1, -0.05) is 0 Å². The fourth-order valence-corrected chi connectivity index (χ4v) is 1.76. The fourth-order valence-electron chi connectivity index (χ4n) is 1.76. The molecule has 0 bridgehead atoms. The molecular formula is C12H7F2N3. The predicted molar refractivity (Wildman–Crippen MR) is 58.3 cm³/mol. The van der Waals surface area contributed by atoms with E-state index in [2.05, 4.69) is 10.1 Å². The number of rotatable bonds is 1. The van der Waals surface area contributed by atoms with Crippen molar-refractivity contribution in [3.05, 3.63) is 54.5 Å². The van der Waals surface area contributed by atoms with Crippen LogP contribution in [0.15, 0.2) is 42.9 Å². The molecule has 0 radical (unpaired) electrons. The highest BCUT2D eigenvalue weighted by atomic mass is 19.1. The maximum Gasteiger partial charge on any atom is 0.161 e. The van der Waals surface area contributed by atoms with E-state index < -0.39 is 11.6 Å². The van der Waals surface area contributed by atoms with Gasteiger partial charge in [-0.2, -0.15) is 5.10 Å². The van der Waals surface area contributed by atoms with Crippen LogP contribution in [0.2, 0.25) is 0 Å². The Hall–Kier alpha value is -2.30. The van der Waals surface area contributed by atoms with Crippen LogP contribution in [0, 0.1) is 11.6 Å². The number of aromatic nitrogens is 3. The topological polar surface area (TPSA) is 30.2 Å². The number of fused-ring (bicyclic) bond motifs is 1. The molecule has 0 saturated carbocycles. The minimum Gasteiger partial charge on any atom is -0.235 e. The Balaban J connectivity index is 2.30. The zero-order valence-electron chi connectivity index (χ0n) is 8.64. The normalized spacial score (nSPS) is 10.9. The first kappa shape index (κ1) is 9.89. The molecule has 1 aromatic carbocycles. The SMILES string of the molecule is Fc1ccc(-c2ccnn3ccnc23)c(F)c1. The predicted octanol–water partition coefficient (Wildman–Crippen LogP) is 2.67. The van der Waals surface area contributed by atoms with Gasteiger partial charge >= 0.3 is 0 Å². The molecular weight excluding hydrogens is 224 g/mol. The molecule has 2 aromatic heterocycles. The van der Waals surface area contributed by atoms with E-state index in [0.29, 0.717) is 16.8 Å². The van der Waals surface area contributed by atoms with Gasteiger partial charge in [-0.05, 0) is 18.2 Å². The minimum absolute atomic E-state index is 0.310. The number of nitrogens with zero attached hydrogens (tertiary/aromatic N) is 3. The molecule has 0 spiro atoms. The molecule has 0 atom stereocenters. The number of benzene rings is 1. The number of hydrogen-bond donors (Lipinski definition) is 0. The summed E-state index contributed by atoms with van der Waals surface area (Å²) in [7, 11) is 0. The standard InChI is InChI=1S/C12H7F2N3/c13-8-1-2-9(11(14)7-8)10-3-4-16-17-6-5-15-12(10)17/h1-7H. The third-order valence-electron chi connectivity index (χ3n) is 2.52. The van der Waals surface area contributed by atoms with Crippen LogP contribution in [0.4, 0.5) is 8.78 Å². The quantitative estimate of drug-likeness (QED) is 0.644. The Morgan fingerprint density at radius 2 is 1.88 bits per heavy atom. The van der Waals surface area contributed by atoms with Crippen molar-refractivity contribution in [3.63, 3.8) is 0 Å². The van der Waals surface area contributed by atoms with Gasteiger partial charge in [0.15, 0.2) is 5.65 Å². The lowest BCUT2D eigenvalue weighted by atomic mass is 10.1. The molecule has 0 aliphatic carbocycles. The molecule has 5 heteroatoms. The van der Waals surface area contributed by atoms with Crippen molar-refractivity contribution < 1.29 is 8.78 Å². The van der Waals surface area contributed by atoms with Crippen molar-refractivity contribution >= 4 is 5.65 Å². The van der Waals surface area contributed by atoms with E-state index in [1.807, 2.05) is 0 Å². The molecule has 0 unspecified atom stereocenters. The van der Waals surface area contributed by atoms with Crippen LogP contribution >= 0.6 is 0 Å². The molecule has 17 heavy (non-hydrogen) atoms. The van der Waals surface area contributed by atoms with Gasteiger partial charge in [-0.3, -0.25) is 0 Å². The minimum atomic E-state index is -0.610. The smallest absolute Gasteiger partial charge is 0.161 e. The Labute approximate surface area is 95.3 Å². The van der Waals surface area contributed by atoms with Crippen LogP contribution in [-0.4, -0.2) is 14.6 Å². The number of halogens is 2. The summed E-state index contributed by atoms with van der Waals surface area (Å²) in [5.74, 6) is -1.21. The summed E-state index contributed by atoms with van der Waals surface area (Å²) in [6.07, 6.45) is 4.79. The zero-order chi connectivity index (χ0) is 11.8. The van der Waals surface area contributed by atoms with Gasteiger partial charge in [0.2, 0.25) is 0 Å². The molecule has 2 heterocycles. The summed E-state index contributed by atoms with van der Waals surface area (Å²) in [6, 6.07) is 5.13. The highest BCUT2D eigenvalue weighted by Gasteiger charge is 2.10. The van der Waals surface area contributed by atoms with Crippen LogP contribution < -0.4 is 0 Å². The van der Waals surface area contributed by atoms with E-state index >= 15 is 0 Å². The lowest BCUT2D eigenvalue weighted by Crippen LogP contribution is -1.94. The van der Waals surface area contributed by atoms with Crippen molar-refractivity contribution in [1.82, 2.24) is 14.6 Å². The lowest BCUT2D eigenvalue weighted by Gasteiger charge is -2.04.